The predicted molar refractivity (Wildman–Crippen MR) is 65.9 cm³/mol. The molecular formula is C13H18FNO3. The van der Waals surface area contributed by atoms with Crippen LogP contribution in [0.3, 0.4) is 0 Å². The number of carboxylic acid groups (broad SMARTS) is 1. The van der Waals surface area contributed by atoms with E-state index in [0.29, 0.717) is 18.7 Å². The summed E-state index contributed by atoms with van der Waals surface area (Å²) in [6.45, 7) is 4.55. The lowest BCUT2D eigenvalue weighted by Crippen LogP contribution is -2.32. The van der Waals surface area contributed by atoms with Gasteiger partial charge in [0.25, 0.3) is 0 Å². The maximum absolute atomic E-state index is 13.1. The minimum absolute atomic E-state index is 0.0221. The normalized spacial score (nSPS) is 11.2. The molecule has 100 valence electrons. The summed E-state index contributed by atoms with van der Waals surface area (Å²) in [4.78, 5) is 12.4. The minimum Gasteiger partial charge on any atom is -0.508 e. The summed E-state index contributed by atoms with van der Waals surface area (Å²) in [7, 11) is 0. The Balaban J connectivity index is 2.76. The quantitative estimate of drug-likeness (QED) is 0.818. The largest absolute Gasteiger partial charge is 0.508 e. The number of aliphatic carboxylic acids is 1. The zero-order valence-electron chi connectivity index (χ0n) is 10.6. The Bertz CT molecular complexity index is 421. The van der Waals surface area contributed by atoms with E-state index >= 15 is 0 Å². The standard InChI is InChI=1S/C13H18FNO3/c1-9(2)15(6-5-13(17)18)8-10-7-11(14)3-4-12(10)16/h3-4,7,9,16H,5-6,8H2,1-2H3,(H,17,18). The van der Waals surface area contributed by atoms with Gasteiger partial charge in [-0.15, -0.1) is 0 Å². The van der Waals surface area contributed by atoms with Crippen LogP contribution in [0, 0.1) is 5.82 Å². The number of hydrogen-bond acceptors (Lipinski definition) is 3. The van der Waals surface area contributed by atoms with Gasteiger partial charge in [-0.2, -0.15) is 0 Å². The second-order valence-electron chi connectivity index (χ2n) is 4.48. The highest BCUT2D eigenvalue weighted by atomic mass is 19.1. The van der Waals surface area contributed by atoms with E-state index in [1.807, 2.05) is 18.7 Å². The minimum atomic E-state index is -0.871. The maximum Gasteiger partial charge on any atom is 0.304 e. The van der Waals surface area contributed by atoms with Gasteiger partial charge in [-0.25, -0.2) is 4.39 Å². The lowest BCUT2D eigenvalue weighted by Gasteiger charge is -2.26. The monoisotopic (exact) mass is 255 g/mol. The smallest absolute Gasteiger partial charge is 0.304 e. The molecule has 1 rings (SSSR count). The van der Waals surface area contributed by atoms with E-state index in [0.717, 1.165) is 0 Å². The van der Waals surface area contributed by atoms with Gasteiger partial charge in [0.1, 0.15) is 11.6 Å². The van der Waals surface area contributed by atoms with E-state index in [1.54, 1.807) is 0 Å². The molecule has 4 nitrogen and oxygen atoms in total. The molecule has 0 saturated heterocycles. The molecule has 0 aliphatic heterocycles. The highest BCUT2D eigenvalue weighted by molar-refractivity contribution is 5.66. The summed E-state index contributed by atoms with van der Waals surface area (Å²) >= 11 is 0. The van der Waals surface area contributed by atoms with Crippen molar-refractivity contribution in [1.29, 1.82) is 0 Å². The zero-order valence-corrected chi connectivity index (χ0v) is 10.6. The van der Waals surface area contributed by atoms with Crippen LogP contribution in [-0.4, -0.2) is 33.7 Å². The molecule has 0 aromatic heterocycles. The van der Waals surface area contributed by atoms with Crippen LogP contribution in [-0.2, 0) is 11.3 Å². The first-order chi connectivity index (χ1) is 8.40. The van der Waals surface area contributed by atoms with E-state index in [1.165, 1.54) is 18.2 Å². The van der Waals surface area contributed by atoms with E-state index in [-0.39, 0.29) is 18.2 Å². The highest BCUT2D eigenvalue weighted by Gasteiger charge is 2.14. The Labute approximate surface area is 106 Å². The summed E-state index contributed by atoms with van der Waals surface area (Å²) in [6.07, 6.45) is 0.0221. The van der Waals surface area contributed by atoms with Crippen molar-refractivity contribution in [3.8, 4) is 5.75 Å². The summed E-state index contributed by atoms with van der Waals surface area (Å²) in [5, 5.41) is 18.3. The van der Waals surface area contributed by atoms with Crippen LogP contribution >= 0.6 is 0 Å². The molecule has 2 N–H and O–H groups in total. The van der Waals surface area contributed by atoms with Gasteiger partial charge in [-0.1, -0.05) is 0 Å². The zero-order chi connectivity index (χ0) is 13.7. The average Bonchev–Trinajstić information content (AvgIpc) is 2.28. The molecule has 0 radical (unpaired) electrons. The Hall–Kier alpha value is -1.62. The summed E-state index contributed by atoms with van der Waals surface area (Å²) in [5.41, 5.74) is 0.467. The molecule has 1 aromatic rings. The number of benzene rings is 1. The first-order valence-electron chi connectivity index (χ1n) is 5.83. The number of aromatic hydroxyl groups is 1. The van der Waals surface area contributed by atoms with Crippen molar-refractivity contribution < 1.29 is 19.4 Å². The number of nitrogens with zero attached hydrogens (tertiary/aromatic N) is 1. The molecule has 0 atom stereocenters. The van der Waals surface area contributed by atoms with Gasteiger partial charge < -0.3 is 10.2 Å². The molecule has 18 heavy (non-hydrogen) atoms. The third kappa shape index (κ3) is 4.33. The van der Waals surface area contributed by atoms with Gasteiger partial charge in [0.2, 0.25) is 0 Å². The second kappa shape index (κ2) is 6.35. The lowest BCUT2D eigenvalue weighted by atomic mass is 10.1. The molecule has 0 bridgehead atoms. The number of halogens is 1. The third-order valence-electron chi connectivity index (χ3n) is 2.76. The molecule has 0 spiro atoms. The van der Waals surface area contributed by atoms with Crippen molar-refractivity contribution in [1.82, 2.24) is 4.90 Å². The van der Waals surface area contributed by atoms with Crippen LogP contribution < -0.4 is 0 Å². The fourth-order valence-electron chi connectivity index (χ4n) is 1.66. The number of phenolic OH excluding ortho intramolecular Hbond substituents is 1. The van der Waals surface area contributed by atoms with Crippen molar-refractivity contribution in [2.45, 2.75) is 32.9 Å². The van der Waals surface area contributed by atoms with Gasteiger partial charge in [0.05, 0.1) is 6.42 Å². The van der Waals surface area contributed by atoms with Gasteiger partial charge in [-0.05, 0) is 32.0 Å². The summed E-state index contributed by atoms with van der Waals surface area (Å²) in [5.74, 6) is -1.26. The number of phenols is 1. The fraction of sp³-hybridized carbons (Fsp3) is 0.462. The van der Waals surface area contributed by atoms with Gasteiger partial charge in [0.15, 0.2) is 0 Å². The topological polar surface area (TPSA) is 60.8 Å². The Kier molecular flexibility index (Phi) is 5.09. The maximum atomic E-state index is 13.1. The van der Waals surface area contributed by atoms with Crippen LogP contribution in [0.25, 0.3) is 0 Å². The van der Waals surface area contributed by atoms with Crippen LogP contribution in [0.5, 0.6) is 5.75 Å². The second-order valence-corrected chi connectivity index (χ2v) is 4.48. The SMILES string of the molecule is CC(C)N(CCC(=O)O)Cc1cc(F)ccc1O. The molecule has 0 unspecified atom stereocenters. The molecule has 1 aromatic carbocycles. The first-order valence-corrected chi connectivity index (χ1v) is 5.83. The lowest BCUT2D eigenvalue weighted by molar-refractivity contribution is -0.137. The molecule has 0 saturated carbocycles. The molecule has 0 heterocycles. The third-order valence-corrected chi connectivity index (χ3v) is 2.76. The van der Waals surface area contributed by atoms with Gasteiger partial charge in [-0.3, -0.25) is 9.69 Å². The van der Waals surface area contributed by atoms with E-state index in [9.17, 15) is 14.3 Å². The van der Waals surface area contributed by atoms with Crippen molar-refractivity contribution in [2.24, 2.45) is 0 Å². The molecule has 5 heteroatoms. The van der Waals surface area contributed by atoms with Gasteiger partial charge >= 0.3 is 5.97 Å². The van der Waals surface area contributed by atoms with Crippen molar-refractivity contribution in [3.05, 3.63) is 29.6 Å². The molecule has 0 aliphatic rings. The fourth-order valence-corrected chi connectivity index (χ4v) is 1.66. The predicted octanol–water partition coefficient (Wildman–Crippen LogP) is 2.22. The van der Waals surface area contributed by atoms with Crippen molar-refractivity contribution >= 4 is 5.97 Å². The number of carbonyl (C=O) groups is 1. The number of rotatable bonds is 6. The highest BCUT2D eigenvalue weighted by Crippen LogP contribution is 2.20. The van der Waals surface area contributed by atoms with Crippen LogP contribution in [0.15, 0.2) is 18.2 Å². The number of carboxylic acids is 1. The van der Waals surface area contributed by atoms with Crippen molar-refractivity contribution in [2.75, 3.05) is 6.54 Å². The van der Waals surface area contributed by atoms with Crippen molar-refractivity contribution in [3.63, 3.8) is 0 Å². The van der Waals surface area contributed by atoms with E-state index in [2.05, 4.69) is 0 Å². The Morgan fingerprint density at radius 1 is 1.44 bits per heavy atom. The van der Waals surface area contributed by atoms with Crippen LogP contribution in [0.1, 0.15) is 25.8 Å². The Morgan fingerprint density at radius 2 is 2.11 bits per heavy atom. The summed E-state index contributed by atoms with van der Waals surface area (Å²) < 4.78 is 13.1. The molecular weight excluding hydrogens is 237 g/mol. The van der Waals surface area contributed by atoms with E-state index < -0.39 is 11.8 Å². The van der Waals surface area contributed by atoms with E-state index in [4.69, 9.17) is 5.11 Å². The van der Waals surface area contributed by atoms with Crippen LogP contribution in [0.2, 0.25) is 0 Å². The average molecular weight is 255 g/mol. The molecule has 0 amide bonds. The first kappa shape index (κ1) is 14.4. The number of hydrogen-bond donors (Lipinski definition) is 2. The summed E-state index contributed by atoms with van der Waals surface area (Å²) in [6, 6.07) is 3.88. The van der Waals surface area contributed by atoms with Crippen LogP contribution in [0.4, 0.5) is 4.39 Å². The van der Waals surface area contributed by atoms with Gasteiger partial charge in [0, 0.05) is 24.7 Å². The Morgan fingerprint density at radius 3 is 2.67 bits per heavy atom. The molecule has 0 fully saturated rings. The molecule has 0 aliphatic carbocycles.